The third-order valence-electron chi connectivity index (χ3n) is 6.88. The van der Waals surface area contributed by atoms with Crippen molar-refractivity contribution >= 4 is 23.6 Å². The fourth-order valence-corrected chi connectivity index (χ4v) is 6.16. The molecular formula is C24H28N4O2. The first-order valence-corrected chi connectivity index (χ1v) is 11.0. The van der Waals surface area contributed by atoms with Gasteiger partial charge in [-0.05, 0) is 81.4 Å². The van der Waals surface area contributed by atoms with Crippen molar-refractivity contribution in [1.29, 1.82) is 0 Å². The number of rotatable bonds is 6. The molecule has 4 aliphatic rings. The van der Waals surface area contributed by atoms with E-state index in [0.29, 0.717) is 12.2 Å². The predicted octanol–water partition coefficient (Wildman–Crippen LogP) is 4.78. The van der Waals surface area contributed by atoms with Crippen molar-refractivity contribution in [2.24, 2.45) is 22.7 Å². The van der Waals surface area contributed by atoms with E-state index in [4.69, 9.17) is 9.73 Å². The Morgan fingerprint density at radius 3 is 2.47 bits per heavy atom. The molecule has 0 spiro atoms. The van der Waals surface area contributed by atoms with Gasteiger partial charge in [0, 0.05) is 29.7 Å². The van der Waals surface area contributed by atoms with Gasteiger partial charge in [-0.2, -0.15) is 0 Å². The number of nitrogens with one attached hydrogen (secondary N) is 1. The predicted molar refractivity (Wildman–Crippen MR) is 116 cm³/mol. The molecule has 1 heterocycles. The van der Waals surface area contributed by atoms with Gasteiger partial charge in [-0.25, -0.2) is 14.8 Å². The molecule has 4 bridgehead atoms. The zero-order chi connectivity index (χ0) is 20.6. The number of ether oxygens (including phenoxy) is 1. The first-order chi connectivity index (χ1) is 14.6. The number of nitrogens with zero attached hydrogens (tertiary/aromatic N) is 3. The van der Waals surface area contributed by atoms with Crippen LogP contribution in [0.3, 0.4) is 0 Å². The van der Waals surface area contributed by atoms with Crippen molar-refractivity contribution in [3.63, 3.8) is 0 Å². The summed E-state index contributed by atoms with van der Waals surface area (Å²) >= 11 is 0. The molecule has 6 heteroatoms. The minimum absolute atomic E-state index is 0.167. The third kappa shape index (κ3) is 3.83. The Morgan fingerprint density at radius 1 is 1.17 bits per heavy atom. The number of aromatic nitrogens is 2. The number of hydrogen-bond donors (Lipinski definition) is 1. The zero-order valence-corrected chi connectivity index (χ0v) is 17.4. The molecule has 4 fully saturated rings. The summed E-state index contributed by atoms with van der Waals surface area (Å²) in [6.45, 7) is 2.17. The van der Waals surface area contributed by atoms with Gasteiger partial charge in [-0.3, -0.25) is 4.99 Å². The van der Waals surface area contributed by atoms with E-state index in [2.05, 4.69) is 15.3 Å². The second-order valence-corrected chi connectivity index (χ2v) is 9.21. The minimum Gasteiger partial charge on any atom is -0.462 e. The summed E-state index contributed by atoms with van der Waals surface area (Å²) in [5, 5.41) is 3.89. The maximum Gasteiger partial charge on any atom is 0.338 e. The highest BCUT2D eigenvalue weighted by Crippen LogP contribution is 2.57. The standard InChI is InChI=1S/C24H28N4O2/c1-2-30-23(29)20-3-4-21(22(8-20)27-14-19-12-25-15-26-13-19)28-24-9-16-5-17(10-24)7-18(6-16)11-24/h3-4,8,12-18,28H,2,5-7,9-11H2,1H3. The van der Waals surface area contributed by atoms with Gasteiger partial charge in [0.25, 0.3) is 0 Å². The van der Waals surface area contributed by atoms with Crippen LogP contribution in [0.5, 0.6) is 0 Å². The largest absolute Gasteiger partial charge is 0.462 e. The molecule has 2 aromatic rings. The van der Waals surface area contributed by atoms with Crippen molar-refractivity contribution in [2.75, 3.05) is 11.9 Å². The van der Waals surface area contributed by atoms with Gasteiger partial charge in [0.2, 0.25) is 0 Å². The van der Waals surface area contributed by atoms with Crippen LogP contribution in [-0.2, 0) is 4.74 Å². The summed E-state index contributed by atoms with van der Waals surface area (Å²) in [6.07, 6.45) is 14.6. The smallest absolute Gasteiger partial charge is 0.338 e. The summed E-state index contributed by atoms with van der Waals surface area (Å²) in [4.78, 5) is 25.1. The Morgan fingerprint density at radius 2 is 1.83 bits per heavy atom. The normalized spacial score (nSPS) is 29.3. The van der Waals surface area contributed by atoms with Crippen molar-refractivity contribution in [1.82, 2.24) is 9.97 Å². The Kier molecular flexibility index (Phi) is 5.01. The van der Waals surface area contributed by atoms with Crippen molar-refractivity contribution in [3.05, 3.63) is 48.0 Å². The first kappa shape index (κ1) is 19.2. The highest BCUT2D eigenvalue weighted by Gasteiger charge is 2.51. The van der Waals surface area contributed by atoms with E-state index in [9.17, 15) is 4.79 Å². The van der Waals surface area contributed by atoms with Gasteiger partial charge >= 0.3 is 5.97 Å². The summed E-state index contributed by atoms with van der Waals surface area (Å²) < 4.78 is 5.19. The molecule has 0 saturated heterocycles. The summed E-state index contributed by atoms with van der Waals surface area (Å²) in [5.74, 6) is 2.25. The molecule has 1 aromatic heterocycles. The molecule has 0 atom stereocenters. The third-order valence-corrected chi connectivity index (χ3v) is 6.88. The summed E-state index contributed by atoms with van der Waals surface area (Å²) in [7, 11) is 0. The minimum atomic E-state index is -0.321. The summed E-state index contributed by atoms with van der Waals surface area (Å²) in [5.41, 5.74) is 3.24. The lowest BCUT2D eigenvalue weighted by Crippen LogP contribution is -2.54. The first-order valence-electron chi connectivity index (χ1n) is 11.0. The number of aliphatic imine (C=N–C) groups is 1. The maximum atomic E-state index is 12.3. The van der Waals surface area contributed by atoms with Crippen LogP contribution in [0.4, 0.5) is 11.4 Å². The summed E-state index contributed by atoms with van der Waals surface area (Å²) in [6, 6.07) is 5.64. The lowest BCUT2D eigenvalue weighted by Gasteiger charge is -2.57. The quantitative estimate of drug-likeness (QED) is 0.554. The van der Waals surface area contributed by atoms with E-state index >= 15 is 0 Å². The lowest BCUT2D eigenvalue weighted by molar-refractivity contribution is 0.0107. The second kappa shape index (κ2) is 7.82. The molecule has 4 aliphatic carbocycles. The molecule has 156 valence electrons. The molecule has 0 aliphatic heterocycles. The van der Waals surface area contributed by atoms with Crippen LogP contribution >= 0.6 is 0 Å². The molecule has 1 aromatic carbocycles. The Bertz CT molecular complexity index is 922. The highest BCUT2D eigenvalue weighted by molar-refractivity contribution is 5.93. The van der Waals surface area contributed by atoms with E-state index in [0.717, 1.165) is 34.7 Å². The highest BCUT2D eigenvalue weighted by atomic mass is 16.5. The number of carbonyl (C=O) groups is 1. The zero-order valence-electron chi connectivity index (χ0n) is 17.4. The monoisotopic (exact) mass is 404 g/mol. The number of carbonyl (C=O) groups excluding carboxylic acids is 1. The van der Waals surface area contributed by atoms with E-state index in [-0.39, 0.29) is 11.5 Å². The van der Waals surface area contributed by atoms with Gasteiger partial charge in [-0.1, -0.05) is 0 Å². The van der Waals surface area contributed by atoms with Crippen LogP contribution < -0.4 is 5.32 Å². The van der Waals surface area contributed by atoms with Crippen LogP contribution in [-0.4, -0.2) is 34.3 Å². The molecule has 30 heavy (non-hydrogen) atoms. The average Bonchev–Trinajstić information content (AvgIpc) is 2.72. The fraction of sp³-hybridized carbons (Fsp3) is 0.500. The van der Waals surface area contributed by atoms with E-state index in [1.807, 2.05) is 25.1 Å². The van der Waals surface area contributed by atoms with Gasteiger partial charge in [-0.15, -0.1) is 0 Å². The van der Waals surface area contributed by atoms with E-state index in [1.54, 1.807) is 18.6 Å². The van der Waals surface area contributed by atoms with Gasteiger partial charge < -0.3 is 10.1 Å². The maximum absolute atomic E-state index is 12.3. The molecule has 0 amide bonds. The van der Waals surface area contributed by atoms with Crippen LogP contribution in [0.1, 0.15) is 61.4 Å². The number of esters is 1. The number of anilines is 1. The Balaban J connectivity index is 1.46. The van der Waals surface area contributed by atoms with Crippen LogP contribution in [0.25, 0.3) is 0 Å². The molecule has 0 radical (unpaired) electrons. The van der Waals surface area contributed by atoms with Crippen molar-refractivity contribution in [2.45, 2.75) is 51.0 Å². The van der Waals surface area contributed by atoms with Crippen LogP contribution in [0.15, 0.2) is 41.9 Å². The number of benzene rings is 1. The topological polar surface area (TPSA) is 76.5 Å². The fourth-order valence-electron chi connectivity index (χ4n) is 6.16. The Labute approximate surface area is 177 Å². The van der Waals surface area contributed by atoms with Gasteiger partial charge in [0.05, 0.1) is 23.5 Å². The SMILES string of the molecule is CCOC(=O)c1ccc(NC23CC4CC(CC(C4)C2)C3)c(N=Cc2cncnc2)c1. The molecule has 0 unspecified atom stereocenters. The molecule has 1 N–H and O–H groups in total. The molecule has 6 nitrogen and oxygen atoms in total. The van der Waals surface area contributed by atoms with Crippen LogP contribution in [0, 0.1) is 17.8 Å². The second-order valence-electron chi connectivity index (χ2n) is 9.21. The van der Waals surface area contributed by atoms with Gasteiger partial charge in [0.15, 0.2) is 0 Å². The van der Waals surface area contributed by atoms with Crippen molar-refractivity contribution in [3.8, 4) is 0 Å². The lowest BCUT2D eigenvalue weighted by atomic mass is 9.53. The average molecular weight is 405 g/mol. The van der Waals surface area contributed by atoms with E-state index < -0.39 is 0 Å². The Hall–Kier alpha value is -2.76. The van der Waals surface area contributed by atoms with E-state index in [1.165, 1.54) is 44.9 Å². The number of hydrogen-bond acceptors (Lipinski definition) is 6. The molecule has 4 saturated carbocycles. The molecule has 6 rings (SSSR count). The van der Waals surface area contributed by atoms with Gasteiger partial charge in [0.1, 0.15) is 6.33 Å². The van der Waals surface area contributed by atoms with Crippen LogP contribution in [0.2, 0.25) is 0 Å². The van der Waals surface area contributed by atoms with Crippen molar-refractivity contribution < 1.29 is 9.53 Å². The molecular weight excluding hydrogens is 376 g/mol.